The highest BCUT2D eigenvalue weighted by Gasteiger charge is 2.47. The molecule has 0 radical (unpaired) electrons. The normalized spacial score (nSPS) is 49.6. The molecule has 1 N–H and O–H groups in total. The molecule has 0 aromatic heterocycles. The molecule has 0 aromatic rings. The van der Waals surface area contributed by atoms with Crippen LogP contribution >= 0.6 is 0 Å². The van der Waals surface area contributed by atoms with Gasteiger partial charge in [0.05, 0.1) is 13.2 Å². The third-order valence-corrected chi connectivity index (χ3v) is 2.28. The van der Waals surface area contributed by atoms with Gasteiger partial charge in [0, 0.05) is 7.11 Å². The topological polar surface area (TPSA) is 47.9 Å². The van der Waals surface area contributed by atoms with Crippen LogP contribution in [-0.2, 0) is 14.2 Å². The predicted molar refractivity (Wildman–Crippen MR) is 36.3 cm³/mol. The fraction of sp³-hybridized carbons (Fsp3) is 1.00. The molecule has 4 nitrogen and oxygen atoms in total. The van der Waals surface area contributed by atoms with Gasteiger partial charge in [-0.3, -0.25) is 0 Å². The average Bonchev–Trinajstić information content (AvgIpc) is 2.53. The van der Waals surface area contributed by atoms with Crippen molar-refractivity contribution < 1.29 is 19.3 Å². The van der Waals surface area contributed by atoms with E-state index < -0.39 is 6.10 Å². The Morgan fingerprint density at radius 2 is 2.00 bits per heavy atom. The summed E-state index contributed by atoms with van der Waals surface area (Å²) in [7, 11) is 1.63. The minimum Gasteiger partial charge on any atom is -0.388 e. The monoisotopic (exact) mass is 160 g/mol. The molecule has 0 spiro atoms. The molecule has 2 saturated heterocycles. The quantitative estimate of drug-likeness (QED) is 0.543. The fourth-order valence-electron chi connectivity index (χ4n) is 1.65. The molecule has 2 rings (SSSR count). The first kappa shape index (κ1) is 7.49. The SMILES string of the molecule is CO[C@H]1COC2C1OC[C@H]2O. The number of ether oxygens (including phenoxy) is 3. The molecule has 11 heavy (non-hydrogen) atoms. The highest BCUT2D eigenvalue weighted by atomic mass is 16.6. The van der Waals surface area contributed by atoms with Crippen LogP contribution in [0.1, 0.15) is 0 Å². The van der Waals surface area contributed by atoms with Crippen LogP contribution in [0, 0.1) is 0 Å². The first-order chi connectivity index (χ1) is 5.33. The van der Waals surface area contributed by atoms with E-state index in [2.05, 4.69) is 0 Å². The fourth-order valence-corrected chi connectivity index (χ4v) is 1.65. The predicted octanol–water partition coefficient (Wildman–Crippen LogP) is -0.840. The van der Waals surface area contributed by atoms with Crippen LogP contribution in [-0.4, -0.2) is 49.8 Å². The summed E-state index contributed by atoms with van der Waals surface area (Å²) in [5.41, 5.74) is 0. The van der Waals surface area contributed by atoms with E-state index in [1.807, 2.05) is 0 Å². The summed E-state index contributed by atoms with van der Waals surface area (Å²) in [5.74, 6) is 0. The number of hydrogen-bond acceptors (Lipinski definition) is 4. The smallest absolute Gasteiger partial charge is 0.115 e. The van der Waals surface area contributed by atoms with Crippen molar-refractivity contribution >= 4 is 0 Å². The van der Waals surface area contributed by atoms with E-state index in [1.165, 1.54) is 0 Å². The maximum absolute atomic E-state index is 9.31. The zero-order chi connectivity index (χ0) is 7.84. The third kappa shape index (κ3) is 1.06. The Kier molecular flexibility index (Phi) is 1.85. The van der Waals surface area contributed by atoms with Crippen LogP contribution in [0.25, 0.3) is 0 Å². The lowest BCUT2D eigenvalue weighted by molar-refractivity contribution is -0.0168. The minimum atomic E-state index is -0.472. The Labute approximate surface area is 65.1 Å². The molecule has 0 saturated carbocycles. The maximum atomic E-state index is 9.31. The summed E-state index contributed by atoms with van der Waals surface area (Å²) in [6.07, 6.45) is -0.702. The number of methoxy groups -OCH3 is 1. The van der Waals surface area contributed by atoms with E-state index >= 15 is 0 Å². The molecular formula is C7H12O4. The van der Waals surface area contributed by atoms with Crippen LogP contribution < -0.4 is 0 Å². The molecule has 4 heteroatoms. The summed E-state index contributed by atoms with van der Waals surface area (Å²) < 4.78 is 15.7. The highest BCUT2D eigenvalue weighted by molar-refractivity contribution is 4.94. The molecule has 64 valence electrons. The molecule has 2 aliphatic rings. The van der Waals surface area contributed by atoms with Crippen molar-refractivity contribution in [2.75, 3.05) is 20.3 Å². The van der Waals surface area contributed by atoms with Crippen molar-refractivity contribution in [2.45, 2.75) is 24.4 Å². The summed E-state index contributed by atoms with van der Waals surface area (Å²) in [6, 6.07) is 0. The van der Waals surface area contributed by atoms with Crippen molar-refractivity contribution in [3.8, 4) is 0 Å². The van der Waals surface area contributed by atoms with Crippen LogP contribution in [0.5, 0.6) is 0 Å². The highest BCUT2D eigenvalue weighted by Crippen LogP contribution is 2.28. The Balaban J connectivity index is 2.04. The van der Waals surface area contributed by atoms with Crippen molar-refractivity contribution in [1.82, 2.24) is 0 Å². The second-order valence-electron chi connectivity index (χ2n) is 2.94. The van der Waals surface area contributed by atoms with E-state index in [4.69, 9.17) is 14.2 Å². The lowest BCUT2D eigenvalue weighted by Crippen LogP contribution is -2.32. The molecule has 2 heterocycles. The number of fused-ring (bicyclic) bond motifs is 1. The van der Waals surface area contributed by atoms with Crippen LogP contribution in [0.15, 0.2) is 0 Å². The second-order valence-corrected chi connectivity index (χ2v) is 2.94. The van der Waals surface area contributed by atoms with E-state index in [0.717, 1.165) is 0 Å². The number of aliphatic hydroxyl groups excluding tert-OH is 1. The number of aliphatic hydroxyl groups is 1. The molecule has 0 bridgehead atoms. The van der Waals surface area contributed by atoms with Gasteiger partial charge in [-0.15, -0.1) is 0 Å². The van der Waals surface area contributed by atoms with Crippen LogP contribution in [0.3, 0.4) is 0 Å². The van der Waals surface area contributed by atoms with Crippen LogP contribution in [0.4, 0.5) is 0 Å². The molecule has 2 aliphatic heterocycles. The van der Waals surface area contributed by atoms with Gasteiger partial charge >= 0.3 is 0 Å². The lowest BCUT2D eigenvalue weighted by atomic mass is 10.1. The van der Waals surface area contributed by atoms with Gasteiger partial charge in [-0.05, 0) is 0 Å². The largest absolute Gasteiger partial charge is 0.388 e. The Morgan fingerprint density at radius 3 is 2.73 bits per heavy atom. The molecule has 2 fully saturated rings. The minimum absolute atomic E-state index is 0.00264. The van der Waals surface area contributed by atoms with Crippen molar-refractivity contribution in [2.24, 2.45) is 0 Å². The van der Waals surface area contributed by atoms with E-state index in [1.54, 1.807) is 7.11 Å². The maximum Gasteiger partial charge on any atom is 0.115 e. The third-order valence-electron chi connectivity index (χ3n) is 2.28. The first-order valence-corrected chi connectivity index (χ1v) is 3.77. The Hall–Kier alpha value is -0.160. The van der Waals surface area contributed by atoms with Gasteiger partial charge in [-0.1, -0.05) is 0 Å². The van der Waals surface area contributed by atoms with Gasteiger partial charge in [-0.25, -0.2) is 0 Å². The molecule has 0 amide bonds. The van der Waals surface area contributed by atoms with Crippen molar-refractivity contribution in [1.29, 1.82) is 0 Å². The molecule has 4 atom stereocenters. The summed E-state index contributed by atoms with van der Waals surface area (Å²) in [6.45, 7) is 0.901. The summed E-state index contributed by atoms with van der Waals surface area (Å²) >= 11 is 0. The van der Waals surface area contributed by atoms with Gasteiger partial charge in [0.25, 0.3) is 0 Å². The average molecular weight is 160 g/mol. The van der Waals surface area contributed by atoms with Gasteiger partial charge in [0.1, 0.15) is 24.4 Å². The standard InChI is InChI=1S/C7H12O4/c1-9-5-3-11-6-4(8)2-10-7(5)6/h4-8H,2-3H2,1H3/t4-,5+,6?,7?/m1/s1. The van der Waals surface area contributed by atoms with Gasteiger partial charge in [0.15, 0.2) is 0 Å². The van der Waals surface area contributed by atoms with Crippen LogP contribution in [0.2, 0.25) is 0 Å². The number of rotatable bonds is 1. The first-order valence-electron chi connectivity index (χ1n) is 3.77. The Bertz CT molecular complexity index is 149. The molecule has 0 aliphatic carbocycles. The van der Waals surface area contributed by atoms with Gasteiger partial charge in [-0.2, -0.15) is 0 Å². The number of hydrogen-bond donors (Lipinski definition) is 1. The zero-order valence-corrected chi connectivity index (χ0v) is 6.40. The van der Waals surface area contributed by atoms with E-state index in [9.17, 15) is 5.11 Å². The molecule has 0 aromatic carbocycles. The van der Waals surface area contributed by atoms with E-state index in [-0.39, 0.29) is 18.3 Å². The van der Waals surface area contributed by atoms with Gasteiger partial charge in [0.2, 0.25) is 0 Å². The van der Waals surface area contributed by atoms with Crippen molar-refractivity contribution in [3.05, 3.63) is 0 Å². The second kappa shape index (κ2) is 2.71. The van der Waals surface area contributed by atoms with Crippen molar-refractivity contribution in [3.63, 3.8) is 0 Å². The summed E-state index contributed by atoms with van der Waals surface area (Å²) in [4.78, 5) is 0. The molecule has 2 unspecified atom stereocenters. The Morgan fingerprint density at radius 1 is 1.27 bits per heavy atom. The molecular weight excluding hydrogens is 148 g/mol. The van der Waals surface area contributed by atoms with Gasteiger partial charge < -0.3 is 19.3 Å². The zero-order valence-electron chi connectivity index (χ0n) is 6.40. The summed E-state index contributed by atoms with van der Waals surface area (Å²) in [5, 5.41) is 9.31. The van der Waals surface area contributed by atoms with E-state index in [0.29, 0.717) is 13.2 Å². The lowest BCUT2D eigenvalue weighted by Gasteiger charge is -2.12.